The fourth-order valence-electron chi connectivity index (χ4n) is 2.37. The van der Waals surface area contributed by atoms with Crippen LogP contribution in [0.2, 0.25) is 0 Å². The second-order valence-electron chi connectivity index (χ2n) is 5.77. The smallest absolute Gasteiger partial charge is 0.259 e. The number of benzene rings is 2. The Labute approximate surface area is 154 Å². The van der Waals surface area contributed by atoms with Crippen LogP contribution in [-0.4, -0.2) is 26.9 Å². The molecule has 0 fully saturated rings. The van der Waals surface area contributed by atoms with Gasteiger partial charge in [-0.05, 0) is 50.2 Å². The van der Waals surface area contributed by atoms with E-state index in [0.717, 1.165) is 0 Å². The number of para-hydroxylation sites is 1. The third-order valence-electron chi connectivity index (χ3n) is 3.81. The van der Waals surface area contributed by atoms with Crippen molar-refractivity contribution in [2.45, 2.75) is 24.3 Å². The van der Waals surface area contributed by atoms with E-state index in [1.54, 1.807) is 49.4 Å². The van der Waals surface area contributed by atoms with Gasteiger partial charge < -0.3 is 10.3 Å². The number of hydrogen-bond donors (Lipinski definition) is 2. The van der Waals surface area contributed by atoms with E-state index in [9.17, 15) is 14.4 Å². The molecular formula is C19H17N3O3S. The molecule has 1 atom stereocenters. The topological polar surface area (TPSA) is 91.9 Å². The molecule has 2 aromatic carbocycles. The van der Waals surface area contributed by atoms with Crippen LogP contribution in [-0.2, 0) is 4.79 Å². The summed E-state index contributed by atoms with van der Waals surface area (Å²) in [4.78, 5) is 42.8. The lowest BCUT2D eigenvalue weighted by molar-refractivity contribution is -0.115. The van der Waals surface area contributed by atoms with Crippen LogP contribution in [0.25, 0.3) is 10.9 Å². The van der Waals surface area contributed by atoms with Crippen LogP contribution in [0.1, 0.15) is 24.2 Å². The Morgan fingerprint density at radius 1 is 1.12 bits per heavy atom. The summed E-state index contributed by atoms with van der Waals surface area (Å²) < 4.78 is 0. The Balaban J connectivity index is 1.71. The summed E-state index contributed by atoms with van der Waals surface area (Å²) in [6, 6.07) is 13.7. The number of H-pyrrole nitrogens is 1. The number of carbonyl (C=O) groups excluding carboxylic acids is 2. The normalized spacial score (nSPS) is 11.9. The summed E-state index contributed by atoms with van der Waals surface area (Å²) in [5.41, 5.74) is 1.55. The zero-order chi connectivity index (χ0) is 18.7. The molecule has 3 aromatic rings. The van der Waals surface area contributed by atoms with Crippen LogP contribution in [0.5, 0.6) is 0 Å². The average Bonchev–Trinajstić information content (AvgIpc) is 2.62. The predicted molar refractivity (Wildman–Crippen MR) is 103 cm³/mol. The zero-order valence-electron chi connectivity index (χ0n) is 14.3. The molecular weight excluding hydrogens is 350 g/mol. The fourth-order valence-corrected chi connectivity index (χ4v) is 3.18. The van der Waals surface area contributed by atoms with E-state index >= 15 is 0 Å². The first-order chi connectivity index (χ1) is 12.4. The highest BCUT2D eigenvalue weighted by Gasteiger charge is 2.17. The predicted octanol–water partition coefficient (Wildman–Crippen LogP) is 3.25. The molecule has 0 aliphatic carbocycles. The van der Waals surface area contributed by atoms with Crippen molar-refractivity contribution in [2.75, 3.05) is 5.32 Å². The number of hydrogen-bond acceptors (Lipinski definition) is 5. The van der Waals surface area contributed by atoms with Crippen molar-refractivity contribution in [2.24, 2.45) is 0 Å². The van der Waals surface area contributed by atoms with E-state index in [1.165, 1.54) is 18.7 Å². The Morgan fingerprint density at radius 3 is 2.50 bits per heavy atom. The highest BCUT2D eigenvalue weighted by Crippen LogP contribution is 2.21. The fraction of sp³-hybridized carbons (Fsp3) is 0.158. The van der Waals surface area contributed by atoms with Crippen LogP contribution < -0.4 is 10.9 Å². The van der Waals surface area contributed by atoms with Gasteiger partial charge in [0.25, 0.3) is 5.56 Å². The highest BCUT2D eigenvalue weighted by atomic mass is 32.2. The van der Waals surface area contributed by atoms with Crippen molar-refractivity contribution in [3.63, 3.8) is 0 Å². The van der Waals surface area contributed by atoms with Crippen LogP contribution in [0.15, 0.2) is 58.5 Å². The molecule has 0 saturated heterocycles. The van der Waals surface area contributed by atoms with Gasteiger partial charge in [-0.3, -0.25) is 14.4 Å². The first-order valence-electron chi connectivity index (χ1n) is 8.01. The molecule has 6 nitrogen and oxygen atoms in total. The maximum absolute atomic E-state index is 12.4. The lowest BCUT2D eigenvalue weighted by Crippen LogP contribution is -2.23. The number of Topliss-reactive ketones (excluding diaryl/α,β-unsaturated/α-hetero) is 1. The second kappa shape index (κ2) is 7.53. The molecule has 132 valence electrons. The summed E-state index contributed by atoms with van der Waals surface area (Å²) in [7, 11) is 0. The molecule has 26 heavy (non-hydrogen) atoms. The summed E-state index contributed by atoms with van der Waals surface area (Å²) >= 11 is 1.18. The lowest BCUT2D eigenvalue weighted by atomic mass is 10.1. The maximum Gasteiger partial charge on any atom is 0.259 e. The first kappa shape index (κ1) is 17.9. The van der Waals surface area contributed by atoms with E-state index in [1.807, 2.05) is 6.07 Å². The minimum absolute atomic E-state index is 0.0295. The summed E-state index contributed by atoms with van der Waals surface area (Å²) in [5, 5.41) is 3.23. The number of anilines is 1. The average molecular weight is 367 g/mol. The molecule has 0 aliphatic heterocycles. The number of nitrogens with one attached hydrogen (secondary N) is 2. The quantitative estimate of drug-likeness (QED) is 0.410. The van der Waals surface area contributed by atoms with Gasteiger partial charge in [-0.15, -0.1) is 0 Å². The Kier molecular flexibility index (Phi) is 5.18. The number of ketones is 1. The number of aromatic amines is 1. The molecule has 1 unspecified atom stereocenters. The standard InChI is InChI=1S/C19H17N3O3S/c1-11(23)13-7-9-14(10-8-13)20-17(24)12(2)26-19-21-16-6-4-3-5-15(16)18(25)22-19/h3-10,12H,1-2H3,(H,20,24)(H,21,22,25). The van der Waals surface area contributed by atoms with E-state index in [2.05, 4.69) is 15.3 Å². The summed E-state index contributed by atoms with van der Waals surface area (Å²) in [6.45, 7) is 3.22. The van der Waals surface area contributed by atoms with E-state index in [0.29, 0.717) is 27.3 Å². The van der Waals surface area contributed by atoms with Crippen molar-refractivity contribution in [1.29, 1.82) is 0 Å². The maximum atomic E-state index is 12.4. The molecule has 1 heterocycles. The SMILES string of the molecule is CC(=O)c1ccc(NC(=O)C(C)Sc2nc3ccccc3c(=O)[nH]2)cc1. The molecule has 0 saturated carbocycles. The molecule has 3 rings (SSSR count). The van der Waals surface area contributed by atoms with Crippen molar-refractivity contribution in [3.8, 4) is 0 Å². The number of aromatic nitrogens is 2. The van der Waals surface area contributed by atoms with Gasteiger partial charge in [0.05, 0.1) is 16.2 Å². The molecule has 0 bridgehead atoms. The number of rotatable bonds is 5. The second-order valence-corrected chi connectivity index (χ2v) is 7.10. The van der Waals surface area contributed by atoms with Crippen LogP contribution in [0, 0.1) is 0 Å². The van der Waals surface area contributed by atoms with Gasteiger partial charge in [-0.25, -0.2) is 4.98 Å². The van der Waals surface area contributed by atoms with Gasteiger partial charge in [-0.1, -0.05) is 23.9 Å². The van der Waals surface area contributed by atoms with Gasteiger partial charge in [0.2, 0.25) is 5.91 Å². The van der Waals surface area contributed by atoms with Gasteiger partial charge in [0, 0.05) is 11.3 Å². The lowest BCUT2D eigenvalue weighted by Gasteiger charge is -2.12. The van der Waals surface area contributed by atoms with Gasteiger partial charge in [0.1, 0.15) is 0 Å². The van der Waals surface area contributed by atoms with Crippen LogP contribution >= 0.6 is 11.8 Å². The Morgan fingerprint density at radius 2 is 1.81 bits per heavy atom. The van der Waals surface area contributed by atoms with Gasteiger partial charge >= 0.3 is 0 Å². The largest absolute Gasteiger partial charge is 0.325 e. The minimum Gasteiger partial charge on any atom is -0.325 e. The van der Waals surface area contributed by atoms with Gasteiger partial charge in [0.15, 0.2) is 10.9 Å². The minimum atomic E-state index is -0.466. The van der Waals surface area contributed by atoms with Crippen molar-refractivity contribution in [3.05, 3.63) is 64.4 Å². The number of fused-ring (bicyclic) bond motifs is 1. The van der Waals surface area contributed by atoms with Crippen molar-refractivity contribution in [1.82, 2.24) is 9.97 Å². The molecule has 7 heteroatoms. The molecule has 1 amide bonds. The number of nitrogens with zero attached hydrogens (tertiary/aromatic N) is 1. The number of thioether (sulfide) groups is 1. The third kappa shape index (κ3) is 4.00. The van der Waals surface area contributed by atoms with Crippen molar-refractivity contribution >= 4 is 40.0 Å². The van der Waals surface area contributed by atoms with Gasteiger partial charge in [-0.2, -0.15) is 0 Å². The Bertz CT molecular complexity index is 1030. The summed E-state index contributed by atoms with van der Waals surface area (Å²) in [5.74, 6) is -0.250. The van der Waals surface area contributed by atoms with E-state index in [4.69, 9.17) is 0 Å². The van der Waals surface area contributed by atoms with Crippen LogP contribution in [0.4, 0.5) is 5.69 Å². The molecule has 1 aromatic heterocycles. The molecule has 0 radical (unpaired) electrons. The molecule has 0 spiro atoms. The highest BCUT2D eigenvalue weighted by molar-refractivity contribution is 8.00. The van der Waals surface area contributed by atoms with Crippen molar-refractivity contribution < 1.29 is 9.59 Å². The first-order valence-corrected chi connectivity index (χ1v) is 8.89. The Hall–Kier alpha value is -2.93. The molecule has 0 aliphatic rings. The van der Waals surface area contributed by atoms with E-state index < -0.39 is 5.25 Å². The number of amides is 1. The molecule has 2 N–H and O–H groups in total. The van der Waals surface area contributed by atoms with Crippen LogP contribution in [0.3, 0.4) is 0 Å². The zero-order valence-corrected chi connectivity index (χ0v) is 15.1. The van der Waals surface area contributed by atoms with E-state index in [-0.39, 0.29) is 17.2 Å². The third-order valence-corrected chi connectivity index (χ3v) is 4.79. The monoisotopic (exact) mass is 367 g/mol. The number of carbonyl (C=O) groups is 2. The summed E-state index contributed by atoms with van der Waals surface area (Å²) in [6.07, 6.45) is 0.